The lowest BCUT2D eigenvalue weighted by molar-refractivity contribution is -0.145. The van der Waals surface area contributed by atoms with Crippen molar-refractivity contribution in [3.05, 3.63) is 0 Å². The minimum absolute atomic E-state index is 0.152. The Kier molecular flexibility index (Phi) is 7.42. The molecule has 0 saturated heterocycles. The maximum absolute atomic E-state index is 11.2. The van der Waals surface area contributed by atoms with E-state index >= 15 is 0 Å². The Morgan fingerprint density at radius 3 is 2.50 bits per heavy atom. The van der Waals surface area contributed by atoms with Gasteiger partial charge in [0.15, 0.2) is 0 Å². The van der Waals surface area contributed by atoms with Gasteiger partial charge in [-0.25, -0.2) is 0 Å². The normalized spacial score (nSPS) is 12.2. The SMILES string of the molecule is CCOC(=O)CC(=O)CC(CCl)OC. The predicted octanol–water partition coefficient (Wildman–Crippen LogP) is 1.15. The number of ketones is 1. The van der Waals surface area contributed by atoms with E-state index in [4.69, 9.17) is 16.3 Å². The zero-order valence-corrected chi connectivity index (χ0v) is 9.17. The molecule has 0 aromatic heterocycles. The van der Waals surface area contributed by atoms with Gasteiger partial charge >= 0.3 is 5.97 Å². The van der Waals surface area contributed by atoms with Gasteiger partial charge in [0.25, 0.3) is 0 Å². The van der Waals surface area contributed by atoms with Crippen LogP contribution >= 0.6 is 11.6 Å². The number of Topliss-reactive ketones (excluding diaryl/α,β-unsaturated/α-hetero) is 1. The van der Waals surface area contributed by atoms with Gasteiger partial charge in [0.1, 0.15) is 12.2 Å². The van der Waals surface area contributed by atoms with Crippen molar-refractivity contribution in [3.63, 3.8) is 0 Å². The molecule has 1 atom stereocenters. The van der Waals surface area contributed by atoms with E-state index in [2.05, 4.69) is 4.74 Å². The number of carbonyl (C=O) groups excluding carboxylic acids is 2. The molecule has 82 valence electrons. The van der Waals surface area contributed by atoms with Crippen LogP contribution in [-0.2, 0) is 19.1 Å². The Labute approximate surface area is 88.5 Å². The summed E-state index contributed by atoms with van der Waals surface area (Å²) in [6, 6.07) is 0. The number of hydrogen-bond acceptors (Lipinski definition) is 4. The summed E-state index contributed by atoms with van der Waals surface area (Å²) >= 11 is 5.52. The fraction of sp³-hybridized carbons (Fsp3) is 0.778. The lowest BCUT2D eigenvalue weighted by Gasteiger charge is -2.09. The molecule has 0 aromatic rings. The van der Waals surface area contributed by atoms with Gasteiger partial charge in [0, 0.05) is 19.4 Å². The van der Waals surface area contributed by atoms with E-state index in [-0.39, 0.29) is 37.2 Å². The van der Waals surface area contributed by atoms with Gasteiger partial charge in [0.2, 0.25) is 0 Å². The number of carbonyl (C=O) groups is 2. The second-order valence-electron chi connectivity index (χ2n) is 2.74. The zero-order valence-electron chi connectivity index (χ0n) is 8.42. The number of halogens is 1. The van der Waals surface area contributed by atoms with Crippen LogP contribution in [0.5, 0.6) is 0 Å². The van der Waals surface area contributed by atoms with E-state index in [1.807, 2.05) is 0 Å². The van der Waals surface area contributed by atoms with E-state index in [0.717, 1.165) is 0 Å². The van der Waals surface area contributed by atoms with E-state index in [1.54, 1.807) is 6.92 Å². The van der Waals surface area contributed by atoms with Crippen LogP contribution in [-0.4, -0.2) is 37.5 Å². The lowest BCUT2D eigenvalue weighted by Crippen LogP contribution is -2.20. The molecule has 5 heteroatoms. The molecule has 0 aliphatic heterocycles. The van der Waals surface area contributed by atoms with Crippen molar-refractivity contribution >= 4 is 23.4 Å². The maximum Gasteiger partial charge on any atom is 0.313 e. The number of esters is 1. The topological polar surface area (TPSA) is 52.6 Å². The van der Waals surface area contributed by atoms with Gasteiger partial charge in [0.05, 0.1) is 12.7 Å². The van der Waals surface area contributed by atoms with Gasteiger partial charge in [-0.05, 0) is 6.92 Å². The Balaban J connectivity index is 3.79. The van der Waals surface area contributed by atoms with Crippen molar-refractivity contribution in [1.29, 1.82) is 0 Å². The summed E-state index contributed by atoms with van der Waals surface area (Å²) in [4.78, 5) is 22.1. The molecule has 0 aliphatic carbocycles. The highest BCUT2D eigenvalue weighted by Crippen LogP contribution is 2.03. The number of ether oxygens (including phenoxy) is 2. The highest BCUT2D eigenvalue weighted by atomic mass is 35.5. The van der Waals surface area contributed by atoms with Gasteiger partial charge in [-0.15, -0.1) is 11.6 Å². The summed E-state index contributed by atoms with van der Waals surface area (Å²) in [5.74, 6) is -0.469. The van der Waals surface area contributed by atoms with E-state index in [0.29, 0.717) is 0 Å². The van der Waals surface area contributed by atoms with Crippen LogP contribution in [0.3, 0.4) is 0 Å². The largest absolute Gasteiger partial charge is 0.466 e. The van der Waals surface area contributed by atoms with Crippen molar-refractivity contribution in [2.75, 3.05) is 19.6 Å². The third kappa shape index (κ3) is 5.94. The first-order valence-corrected chi connectivity index (χ1v) is 4.93. The molecule has 0 bridgehead atoms. The van der Waals surface area contributed by atoms with Crippen LogP contribution < -0.4 is 0 Å². The molecule has 0 radical (unpaired) electrons. The molecular weight excluding hydrogens is 208 g/mol. The minimum Gasteiger partial charge on any atom is -0.466 e. The van der Waals surface area contributed by atoms with Gasteiger partial charge in [-0.3, -0.25) is 9.59 Å². The molecule has 0 spiro atoms. The Morgan fingerprint density at radius 2 is 2.07 bits per heavy atom. The second-order valence-corrected chi connectivity index (χ2v) is 3.05. The molecule has 0 fully saturated rings. The van der Waals surface area contributed by atoms with Gasteiger partial charge in [-0.1, -0.05) is 0 Å². The molecule has 4 nitrogen and oxygen atoms in total. The highest BCUT2D eigenvalue weighted by molar-refractivity contribution is 6.18. The Bertz CT molecular complexity index is 189. The molecule has 0 aliphatic rings. The van der Waals surface area contributed by atoms with E-state index in [9.17, 15) is 9.59 Å². The Morgan fingerprint density at radius 1 is 1.43 bits per heavy atom. The quantitative estimate of drug-likeness (QED) is 0.368. The summed E-state index contributed by atoms with van der Waals surface area (Å²) in [5, 5.41) is 0. The van der Waals surface area contributed by atoms with Crippen LogP contribution in [0.25, 0.3) is 0 Å². The fourth-order valence-electron chi connectivity index (χ4n) is 0.900. The van der Waals surface area contributed by atoms with E-state index in [1.165, 1.54) is 7.11 Å². The Hall–Kier alpha value is -0.610. The molecule has 0 rings (SSSR count). The zero-order chi connectivity index (χ0) is 11.0. The van der Waals surface area contributed by atoms with Crippen molar-refractivity contribution < 1.29 is 19.1 Å². The summed E-state index contributed by atoms with van der Waals surface area (Å²) < 4.78 is 9.53. The first kappa shape index (κ1) is 13.4. The number of hydrogen-bond donors (Lipinski definition) is 0. The van der Waals surface area contributed by atoms with Crippen LogP contribution in [0.15, 0.2) is 0 Å². The van der Waals surface area contributed by atoms with Crippen LogP contribution in [0.4, 0.5) is 0 Å². The summed E-state index contributed by atoms with van der Waals surface area (Å²) in [7, 11) is 1.48. The lowest BCUT2D eigenvalue weighted by atomic mass is 10.1. The maximum atomic E-state index is 11.2. The van der Waals surface area contributed by atoms with Crippen molar-refractivity contribution in [2.45, 2.75) is 25.9 Å². The van der Waals surface area contributed by atoms with Crippen LogP contribution in [0.2, 0.25) is 0 Å². The van der Waals surface area contributed by atoms with Gasteiger partial charge < -0.3 is 9.47 Å². The molecule has 0 aromatic carbocycles. The average Bonchev–Trinajstić information content (AvgIpc) is 2.14. The molecule has 0 heterocycles. The molecule has 0 N–H and O–H groups in total. The molecule has 0 amide bonds. The number of rotatable bonds is 7. The molecule has 0 saturated carbocycles. The molecule has 14 heavy (non-hydrogen) atoms. The first-order chi connectivity index (χ1) is 6.63. The smallest absolute Gasteiger partial charge is 0.313 e. The summed E-state index contributed by atoms with van der Waals surface area (Å²) in [5.41, 5.74) is 0. The van der Waals surface area contributed by atoms with E-state index < -0.39 is 5.97 Å². The minimum atomic E-state index is -0.498. The summed E-state index contributed by atoms with van der Waals surface area (Å²) in [6.07, 6.45) is -0.373. The number of methoxy groups -OCH3 is 1. The molecule has 1 unspecified atom stereocenters. The van der Waals surface area contributed by atoms with Crippen molar-refractivity contribution in [2.24, 2.45) is 0 Å². The number of alkyl halides is 1. The van der Waals surface area contributed by atoms with Crippen LogP contribution in [0.1, 0.15) is 19.8 Å². The van der Waals surface area contributed by atoms with Crippen molar-refractivity contribution in [1.82, 2.24) is 0 Å². The van der Waals surface area contributed by atoms with Gasteiger partial charge in [-0.2, -0.15) is 0 Å². The average molecular weight is 223 g/mol. The highest BCUT2D eigenvalue weighted by Gasteiger charge is 2.15. The monoisotopic (exact) mass is 222 g/mol. The third-order valence-electron chi connectivity index (χ3n) is 1.61. The third-order valence-corrected chi connectivity index (χ3v) is 1.95. The predicted molar refractivity (Wildman–Crippen MR) is 52.4 cm³/mol. The fourth-order valence-corrected chi connectivity index (χ4v) is 1.14. The summed E-state index contributed by atoms with van der Waals surface area (Å²) in [6.45, 7) is 1.98. The standard InChI is InChI=1S/C9H15ClO4/c1-3-14-9(12)5-7(11)4-8(6-10)13-2/h8H,3-6H2,1-2H3. The van der Waals surface area contributed by atoms with Crippen molar-refractivity contribution in [3.8, 4) is 0 Å². The molecular formula is C9H15ClO4. The van der Waals surface area contributed by atoms with Crippen LogP contribution in [0, 0.1) is 0 Å². The second kappa shape index (κ2) is 7.76. The first-order valence-electron chi connectivity index (χ1n) is 4.40.